The number of rotatable bonds is 5. The molecule has 0 spiro atoms. The monoisotopic (exact) mass is 361 g/mol. The van der Waals surface area contributed by atoms with E-state index >= 15 is 0 Å². The first kappa shape index (κ1) is 18.5. The minimum atomic E-state index is -0.467. The normalized spacial score (nSPS) is 10.6. The largest absolute Gasteiger partial charge is 0.508 e. The molecule has 27 heavy (non-hydrogen) atoms. The molecular formula is C23H23NO3. The molecule has 0 unspecified atom stereocenters. The zero-order valence-corrected chi connectivity index (χ0v) is 15.5. The third-order valence-corrected chi connectivity index (χ3v) is 4.31. The van der Waals surface area contributed by atoms with Gasteiger partial charge >= 0.3 is 6.09 Å². The van der Waals surface area contributed by atoms with Gasteiger partial charge in [0.1, 0.15) is 12.4 Å². The number of phenols is 1. The third kappa shape index (κ3) is 4.29. The van der Waals surface area contributed by atoms with Crippen molar-refractivity contribution in [3.63, 3.8) is 0 Å². The number of hydrogen-bond donors (Lipinski definition) is 1. The predicted octanol–water partition coefficient (Wildman–Crippen LogP) is 5.99. The molecule has 0 aromatic heterocycles. The summed E-state index contributed by atoms with van der Waals surface area (Å²) < 4.78 is 5.62. The van der Waals surface area contributed by atoms with E-state index in [4.69, 9.17) is 4.74 Å². The van der Waals surface area contributed by atoms with Crippen LogP contribution in [0.1, 0.15) is 30.9 Å². The van der Waals surface area contributed by atoms with Gasteiger partial charge in [-0.1, -0.05) is 62.4 Å². The van der Waals surface area contributed by atoms with Gasteiger partial charge in [0.15, 0.2) is 0 Å². The molecule has 3 aromatic rings. The molecule has 0 saturated carbocycles. The van der Waals surface area contributed by atoms with Gasteiger partial charge in [-0.15, -0.1) is 0 Å². The van der Waals surface area contributed by atoms with Gasteiger partial charge in [0.2, 0.25) is 0 Å². The Bertz CT molecular complexity index is 853. The van der Waals surface area contributed by atoms with Crippen molar-refractivity contribution in [3.05, 3.63) is 90.0 Å². The standard InChI is InChI=1S/C23H23NO3/c1-17(2)22-18(10-9-15-21(22)25)16-27-23(26)24(19-11-5-3-6-12-19)20-13-7-4-8-14-20/h3-15,17,25H,16H2,1-2H3. The van der Waals surface area contributed by atoms with Crippen LogP contribution < -0.4 is 4.90 Å². The number of phenolic OH excluding ortho intramolecular Hbond substituents is 1. The number of nitrogens with zero attached hydrogens (tertiary/aromatic N) is 1. The zero-order chi connectivity index (χ0) is 19.2. The van der Waals surface area contributed by atoms with Crippen LogP contribution in [0, 0.1) is 0 Å². The molecule has 0 aliphatic heterocycles. The van der Waals surface area contributed by atoms with Gasteiger partial charge in [0.05, 0.1) is 11.4 Å². The summed E-state index contributed by atoms with van der Waals surface area (Å²) in [4.78, 5) is 14.5. The highest BCUT2D eigenvalue weighted by Gasteiger charge is 2.20. The number of aromatic hydroxyl groups is 1. The van der Waals surface area contributed by atoms with E-state index in [1.165, 1.54) is 4.90 Å². The van der Waals surface area contributed by atoms with Crippen molar-refractivity contribution in [2.45, 2.75) is 26.4 Å². The molecule has 0 atom stereocenters. The van der Waals surface area contributed by atoms with Crippen molar-refractivity contribution < 1.29 is 14.6 Å². The van der Waals surface area contributed by atoms with E-state index < -0.39 is 6.09 Å². The zero-order valence-electron chi connectivity index (χ0n) is 15.5. The Morgan fingerprint density at radius 3 is 1.96 bits per heavy atom. The lowest BCUT2D eigenvalue weighted by Crippen LogP contribution is -2.26. The quantitative estimate of drug-likeness (QED) is 0.607. The fourth-order valence-corrected chi connectivity index (χ4v) is 3.11. The van der Waals surface area contributed by atoms with Gasteiger partial charge in [-0.2, -0.15) is 0 Å². The van der Waals surface area contributed by atoms with E-state index in [0.29, 0.717) is 0 Å². The first-order valence-corrected chi connectivity index (χ1v) is 8.95. The van der Waals surface area contributed by atoms with E-state index in [-0.39, 0.29) is 18.3 Å². The Balaban J connectivity index is 1.86. The van der Waals surface area contributed by atoms with E-state index in [1.54, 1.807) is 12.1 Å². The van der Waals surface area contributed by atoms with Crippen molar-refractivity contribution in [1.82, 2.24) is 0 Å². The molecular weight excluding hydrogens is 338 g/mol. The number of para-hydroxylation sites is 2. The molecule has 0 aliphatic rings. The van der Waals surface area contributed by atoms with Gasteiger partial charge < -0.3 is 9.84 Å². The molecule has 4 heteroatoms. The minimum absolute atomic E-state index is 0.0942. The van der Waals surface area contributed by atoms with Gasteiger partial charge in [0, 0.05) is 5.56 Å². The molecule has 0 bridgehead atoms. The molecule has 3 aromatic carbocycles. The van der Waals surface area contributed by atoms with Crippen molar-refractivity contribution in [1.29, 1.82) is 0 Å². The van der Waals surface area contributed by atoms with Gasteiger partial charge in [-0.05, 0) is 41.8 Å². The summed E-state index contributed by atoms with van der Waals surface area (Å²) in [6.45, 7) is 4.10. The molecule has 0 heterocycles. The number of carbonyl (C=O) groups excluding carboxylic acids is 1. The highest BCUT2D eigenvalue weighted by Crippen LogP contribution is 2.30. The maximum atomic E-state index is 12.9. The number of carbonyl (C=O) groups is 1. The summed E-state index contributed by atoms with van der Waals surface area (Å²) in [6, 6.07) is 24.1. The molecule has 0 radical (unpaired) electrons. The SMILES string of the molecule is CC(C)c1c(O)cccc1COC(=O)N(c1ccccc1)c1ccccc1. The summed E-state index contributed by atoms with van der Waals surface area (Å²) >= 11 is 0. The van der Waals surface area contributed by atoms with Crippen LogP contribution >= 0.6 is 0 Å². The van der Waals surface area contributed by atoms with E-state index in [1.807, 2.05) is 80.6 Å². The lowest BCUT2D eigenvalue weighted by Gasteiger charge is -2.23. The van der Waals surface area contributed by atoms with Crippen LogP contribution in [0.3, 0.4) is 0 Å². The number of ether oxygens (including phenoxy) is 1. The second kappa shape index (κ2) is 8.41. The molecule has 4 nitrogen and oxygen atoms in total. The van der Waals surface area contributed by atoms with E-state index in [0.717, 1.165) is 22.5 Å². The lowest BCUT2D eigenvalue weighted by molar-refractivity contribution is 0.149. The second-order valence-electron chi connectivity index (χ2n) is 6.57. The summed E-state index contributed by atoms with van der Waals surface area (Å²) in [5, 5.41) is 10.1. The molecule has 3 rings (SSSR count). The Kier molecular flexibility index (Phi) is 5.77. The first-order valence-electron chi connectivity index (χ1n) is 8.95. The third-order valence-electron chi connectivity index (χ3n) is 4.31. The highest BCUT2D eigenvalue weighted by atomic mass is 16.6. The fraction of sp³-hybridized carbons (Fsp3) is 0.174. The summed E-state index contributed by atoms with van der Waals surface area (Å²) in [5.74, 6) is 0.348. The number of amides is 1. The molecule has 1 amide bonds. The van der Waals surface area contributed by atoms with Crippen molar-refractivity contribution in [2.75, 3.05) is 4.90 Å². The smallest absolute Gasteiger partial charge is 0.419 e. The van der Waals surface area contributed by atoms with Gasteiger partial charge in [-0.3, -0.25) is 0 Å². The predicted molar refractivity (Wildman–Crippen MR) is 107 cm³/mol. The average molecular weight is 361 g/mol. The molecule has 0 aliphatic carbocycles. The highest BCUT2D eigenvalue weighted by molar-refractivity contribution is 5.95. The maximum absolute atomic E-state index is 12.9. The Labute approximate surface area is 159 Å². The van der Waals surface area contributed by atoms with Gasteiger partial charge in [0.25, 0.3) is 0 Å². The minimum Gasteiger partial charge on any atom is -0.508 e. The Morgan fingerprint density at radius 2 is 1.44 bits per heavy atom. The van der Waals surface area contributed by atoms with Gasteiger partial charge in [-0.25, -0.2) is 9.69 Å². The fourth-order valence-electron chi connectivity index (χ4n) is 3.11. The van der Waals surface area contributed by atoms with E-state index in [2.05, 4.69) is 0 Å². The second-order valence-corrected chi connectivity index (χ2v) is 6.57. The van der Waals surface area contributed by atoms with Crippen LogP contribution in [0.4, 0.5) is 16.2 Å². The van der Waals surface area contributed by atoms with Crippen molar-refractivity contribution >= 4 is 17.5 Å². The number of anilines is 2. The summed E-state index contributed by atoms with van der Waals surface area (Å²) in [6.07, 6.45) is -0.467. The molecule has 1 N–H and O–H groups in total. The van der Waals surface area contributed by atoms with Crippen LogP contribution in [0.2, 0.25) is 0 Å². The summed E-state index contributed by atoms with van der Waals surface area (Å²) in [7, 11) is 0. The molecule has 0 saturated heterocycles. The Morgan fingerprint density at radius 1 is 0.889 bits per heavy atom. The summed E-state index contributed by atoms with van der Waals surface area (Å²) in [5.41, 5.74) is 3.07. The maximum Gasteiger partial charge on any atom is 0.419 e. The van der Waals surface area contributed by atoms with Crippen LogP contribution in [-0.4, -0.2) is 11.2 Å². The lowest BCUT2D eigenvalue weighted by atomic mass is 9.96. The topological polar surface area (TPSA) is 49.8 Å². The van der Waals surface area contributed by atoms with Crippen LogP contribution in [0.25, 0.3) is 0 Å². The Hall–Kier alpha value is -3.27. The van der Waals surface area contributed by atoms with Crippen LogP contribution in [0.15, 0.2) is 78.9 Å². The van der Waals surface area contributed by atoms with Crippen LogP contribution in [0.5, 0.6) is 5.75 Å². The first-order chi connectivity index (χ1) is 13.1. The average Bonchev–Trinajstić information content (AvgIpc) is 2.68. The number of hydrogen-bond acceptors (Lipinski definition) is 3. The van der Waals surface area contributed by atoms with E-state index in [9.17, 15) is 9.90 Å². The van der Waals surface area contributed by atoms with Crippen molar-refractivity contribution in [2.24, 2.45) is 0 Å². The van der Waals surface area contributed by atoms with Crippen molar-refractivity contribution in [3.8, 4) is 5.75 Å². The molecule has 138 valence electrons. The van der Waals surface area contributed by atoms with Crippen LogP contribution in [-0.2, 0) is 11.3 Å². The number of benzene rings is 3. The molecule has 0 fully saturated rings.